The number of amides is 1. The van der Waals surface area contributed by atoms with Crippen LogP contribution in [0.15, 0.2) is 82.6 Å². The molecule has 0 radical (unpaired) electrons. The topological polar surface area (TPSA) is 66.5 Å². The fourth-order valence-corrected chi connectivity index (χ4v) is 5.56. The van der Waals surface area contributed by atoms with E-state index in [1.54, 1.807) is 48.2 Å². The molecular formula is C22H19Cl3N2O3S2. The van der Waals surface area contributed by atoms with Crippen LogP contribution < -0.4 is 9.62 Å². The van der Waals surface area contributed by atoms with Crippen molar-refractivity contribution in [1.29, 1.82) is 0 Å². The van der Waals surface area contributed by atoms with Gasteiger partial charge in [0.25, 0.3) is 10.0 Å². The van der Waals surface area contributed by atoms with Crippen LogP contribution in [0.25, 0.3) is 0 Å². The van der Waals surface area contributed by atoms with Crippen molar-refractivity contribution in [3.63, 3.8) is 0 Å². The van der Waals surface area contributed by atoms with E-state index in [1.807, 2.05) is 12.1 Å². The average Bonchev–Trinajstić information content (AvgIpc) is 2.78. The summed E-state index contributed by atoms with van der Waals surface area (Å²) in [5.74, 6) is 0.147. The number of benzene rings is 3. The maximum Gasteiger partial charge on any atom is 0.264 e. The van der Waals surface area contributed by atoms with Crippen molar-refractivity contribution in [1.82, 2.24) is 5.32 Å². The van der Waals surface area contributed by atoms with Crippen molar-refractivity contribution in [2.45, 2.75) is 9.79 Å². The van der Waals surface area contributed by atoms with Crippen molar-refractivity contribution in [2.75, 3.05) is 23.1 Å². The third-order valence-corrected chi connectivity index (χ3v) is 7.90. The molecule has 0 aliphatic rings. The quantitative estimate of drug-likeness (QED) is 0.283. The second kappa shape index (κ2) is 11.3. The highest BCUT2D eigenvalue weighted by atomic mass is 35.5. The van der Waals surface area contributed by atoms with Gasteiger partial charge < -0.3 is 5.32 Å². The number of nitrogens with one attached hydrogen (secondary N) is 1. The minimum atomic E-state index is -4.05. The lowest BCUT2D eigenvalue weighted by Gasteiger charge is -2.25. The fourth-order valence-electron chi connectivity index (χ4n) is 2.77. The Morgan fingerprint density at radius 2 is 1.56 bits per heavy atom. The zero-order chi connectivity index (χ0) is 23.1. The second-order valence-corrected chi connectivity index (χ2v) is 10.9. The molecule has 5 nitrogen and oxygen atoms in total. The third kappa shape index (κ3) is 6.56. The SMILES string of the molecule is O=C(CN(c1cc(Cl)ccc1Cl)S(=O)(=O)c1ccccc1)NCCSc1ccc(Cl)cc1. The van der Waals surface area contributed by atoms with Gasteiger partial charge in [0.2, 0.25) is 5.91 Å². The van der Waals surface area contributed by atoms with Gasteiger partial charge in [0.15, 0.2) is 0 Å². The van der Waals surface area contributed by atoms with Crippen molar-refractivity contribution in [3.8, 4) is 0 Å². The summed E-state index contributed by atoms with van der Waals surface area (Å²) in [5.41, 5.74) is 0.133. The molecule has 0 aliphatic carbocycles. The fraction of sp³-hybridized carbons (Fsp3) is 0.136. The van der Waals surface area contributed by atoms with Gasteiger partial charge in [0.05, 0.1) is 15.6 Å². The molecule has 0 aliphatic heterocycles. The Labute approximate surface area is 206 Å². The Morgan fingerprint density at radius 1 is 0.906 bits per heavy atom. The number of anilines is 1. The first kappa shape index (κ1) is 24.7. The average molecular weight is 530 g/mol. The Morgan fingerprint density at radius 3 is 2.25 bits per heavy atom. The van der Waals surface area contributed by atoms with Crippen LogP contribution in [-0.2, 0) is 14.8 Å². The molecule has 0 unspecified atom stereocenters. The second-order valence-electron chi connectivity index (χ2n) is 6.57. The minimum absolute atomic E-state index is 0.0436. The first-order valence-corrected chi connectivity index (χ1v) is 13.0. The maximum absolute atomic E-state index is 13.3. The van der Waals surface area contributed by atoms with E-state index in [4.69, 9.17) is 34.8 Å². The van der Waals surface area contributed by atoms with E-state index in [2.05, 4.69) is 5.32 Å². The van der Waals surface area contributed by atoms with Gasteiger partial charge in [0.1, 0.15) is 6.54 Å². The number of carbonyl (C=O) groups excluding carboxylic acids is 1. The number of thioether (sulfide) groups is 1. The lowest BCUT2D eigenvalue weighted by atomic mass is 10.3. The highest BCUT2D eigenvalue weighted by molar-refractivity contribution is 7.99. The van der Waals surface area contributed by atoms with Gasteiger partial charge >= 0.3 is 0 Å². The summed E-state index contributed by atoms with van der Waals surface area (Å²) in [7, 11) is -4.05. The molecule has 0 saturated heterocycles. The number of sulfonamides is 1. The highest BCUT2D eigenvalue weighted by Gasteiger charge is 2.28. The third-order valence-electron chi connectivity index (χ3n) is 4.30. The van der Waals surface area contributed by atoms with Crippen LogP contribution in [-0.4, -0.2) is 33.2 Å². The molecule has 3 aromatic rings. The van der Waals surface area contributed by atoms with Crippen molar-refractivity contribution >= 4 is 68.2 Å². The number of hydrogen-bond acceptors (Lipinski definition) is 4. The predicted molar refractivity (Wildman–Crippen MR) is 133 cm³/mol. The normalized spacial score (nSPS) is 11.2. The van der Waals surface area contributed by atoms with Gasteiger partial charge in [-0.15, -0.1) is 11.8 Å². The number of halogens is 3. The Kier molecular flexibility index (Phi) is 8.73. The zero-order valence-corrected chi connectivity index (χ0v) is 20.6. The van der Waals surface area contributed by atoms with Crippen LogP contribution in [0.5, 0.6) is 0 Å². The van der Waals surface area contributed by atoms with Crippen molar-refractivity contribution in [3.05, 3.63) is 87.9 Å². The van der Waals surface area contributed by atoms with E-state index in [1.165, 1.54) is 24.3 Å². The van der Waals surface area contributed by atoms with E-state index >= 15 is 0 Å². The van der Waals surface area contributed by atoms with Gasteiger partial charge in [-0.1, -0.05) is 53.0 Å². The van der Waals surface area contributed by atoms with E-state index in [9.17, 15) is 13.2 Å². The predicted octanol–water partition coefficient (Wildman–Crippen LogP) is 5.75. The summed E-state index contributed by atoms with van der Waals surface area (Å²) in [6.45, 7) is -0.0858. The molecule has 3 aromatic carbocycles. The van der Waals surface area contributed by atoms with Crippen LogP contribution in [0.3, 0.4) is 0 Å². The van der Waals surface area contributed by atoms with Crippen LogP contribution in [0.2, 0.25) is 15.1 Å². The van der Waals surface area contributed by atoms with E-state index in [-0.39, 0.29) is 15.6 Å². The van der Waals surface area contributed by atoms with Crippen molar-refractivity contribution in [2.24, 2.45) is 0 Å². The van der Waals surface area contributed by atoms with Crippen LogP contribution in [0.4, 0.5) is 5.69 Å². The molecule has 168 valence electrons. The monoisotopic (exact) mass is 528 g/mol. The van der Waals surface area contributed by atoms with E-state index < -0.39 is 22.5 Å². The number of nitrogens with zero attached hydrogens (tertiary/aromatic N) is 1. The Balaban J connectivity index is 1.73. The zero-order valence-electron chi connectivity index (χ0n) is 16.7. The molecule has 0 fully saturated rings. The van der Waals surface area contributed by atoms with Gasteiger partial charge in [-0.2, -0.15) is 0 Å². The first-order valence-electron chi connectivity index (χ1n) is 9.45. The lowest BCUT2D eigenvalue weighted by molar-refractivity contribution is -0.119. The van der Waals surface area contributed by atoms with Gasteiger partial charge in [-0.25, -0.2) is 8.42 Å². The Bertz CT molecular complexity index is 1170. The summed E-state index contributed by atoms with van der Waals surface area (Å²) < 4.78 is 27.6. The smallest absolute Gasteiger partial charge is 0.264 e. The summed E-state index contributed by atoms with van der Waals surface area (Å²) in [6.07, 6.45) is 0. The molecule has 0 bridgehead atoms. The summed E-state index contributed by atoms with van der Waals surface area (Å²) >= 11 is 19.8. The molecule has 0 atom stereocenters. The highest BCUT2D eigenvalue weighted by Crippen LogP contribution is 2.32. The molecule has 10 heteroatoms. The minimum Gasteiger partial charge on any atom is -0.354 e. The number of hydrogen-bond donors (Lipinski definition) is 1. The summed E-state index contributed by atoms with van der Waals surface area (Å²) in [5, 5.41) is 3.88. The van der Waals surface area contributed by atoms with Crippen LogP contribution in [0, 0.1) is 0 Å². The standard InChI is InChI=1S/C22H19Cl3N2O3S2/c23-16-6-9-18(10-7-16)31-13-12-26-22(28)15-27(21-14-17(24)8-11-20(21)25)32(29,30)19-4-2-1-3-5-19/h1-11,14H,12-13,15H2,(H,26,28). The van der Waals surface area contributed by atoms with Gasteiger partial charge in [-0.3, -0.25) is 9.10 Å². The number of rotatable bonds is 9. The van der Waals surface area contributed by atoms with Crippen molar-refractivity contribution < 1.29 is 13.2 Å². The molecule has 32 heavy (non-hydrogen) atoms. The molecule has 0 heterocycles. The molecular weight excluding hydrogens is 511 g/mol. The summed E-state index contributed by atoms with van der Waals surface area (Å²) in [4.78, 5) is 13.7. The molecule has 0 spiro atoms. The van der Waals surface area contributed by atoms with Gasteiger partial charge in [-0.05, 0) is 54.6 Å². The molecule has 0 saturated carbocycles. The van der Waals surface area contributed by atoms with E-state index in [0.717, 1.165) is 9.20 Å². The molecule has 3 rings (SSSR count). The lowest BCUT2D eigenvalue weighted by Crippen LogP contribution is -2.41. The summed E-state index contributed by atoms with van der Waals surface area (Å²) in [6, 6.07) is 19.7. The van der Waals surface area contributed by atoms with Gasteiger partial charge in [0, 0.05) is 27.2 Å². The first-order chi connectivity index (χ1) is 15.3. The molecule has 0 aromatic heterocycles. The van der Waals surface area contributed by atoms with E-state index in [0.29, 0.717) is 22.3 Å². The maximum atomic E-state index is 13.3. The number of carbonyl (C=O) groups is 1. The molecule has 1 amide bonds. The van der Waals surface area contributed by atoms with Crippen LogP contribution >= 0.6 is 46.6 Å². The largest absolute Gasteiger partial charge is 0.354 e. The molecule has 1 N–H and O–H groups in total. The Hall–Kier alpha value is -1.90. The van der Waals surface area contributed by atoms with Crippen LogP contribution in [0.1, 0.15) is 0 Å².